The first kappa shape index (κ1) is 16.7. The molecule has 1 aromatic carbocycles. The molecule has 2 saturated carbocycles. The van der Waals surface area contributed by atoms with Gasteiger partial charge in [-0.2, -0.15) is 0 Å². The number of carbonyl (C=O) groups is 2. The summed E-state index contributed by atoms with van der Waals surface area (Å²) in [6.45, 7) is 1.93. The molecule has 1 aliphatic heterocycles. The van der Waals surface area contributed by atoms with E-state index in [1.165, 1.54) is 16.2 Å². The molecule has 2 heterocycles. The minimum atomic E-state index is -0.215. The van der Waals surface area contributed by atoms with Crippen molar-refractivity contribution in [1.82, 2.24) is 4.98 Å². The molecule has 4 nitrogen and oxygen atoms in total. The highest BCUT2D eigenvalue weighted by Gasteiger charge is 2.66. The first-order valence-electron chi connectivity index (χ1n) is 8.11. The molecule has 1 aromatic heterocycles. The number of hydrogen-bond donors (Lipinski definition) is 0. The average molecular weight is 505 g/mol. The molecule has 5 rings (SSSR count). The van der Waals surface area contributed by atoms with Gasteiger partial charge in [-0.05, 0) is 42.9 Å². The van der Waals surface area contributed by atoms with E-state index < -0.39 is 0 Å². The first-order chi connectivity index (χ1) is 11.9. The number of benzene rings is 1. The van der Waals surface area contributed by atoms with Crippen LogP contribution in [0, 0.1) is 30.6 Å². The summed E-state index contributed by atoms with van der Waals surface area (Å²) in [5, 5.41) is 1.11. The summed E-state index contributed by atoms with van der Waals surface area (Å²) in [5.74, 6) is -0.179. The number of fused-ring (bicyclic) bond motifs is 6. The molecule has 1 saturated heterocycles. The van der Waals surface area contributed by atoms with Crippen LogP contribution in [0.4, 0.5) is 5.13 Å². The van der Waals surface area contributed by atoms with Gasteiger partial charge in [0.1, 0.15) is 0 Å². The summed E-state index contributed by atoms with van der Waals surface area (Å²) in [5.41, 5.74) is 1.69. The van der Waals surface area contributed by atoms with E-state index in [1.54, 1.807) is 6.07 Å². The molecular weight excluding hydrogens is 492 g/mol. The van der Waals surface area contributed by atoms with E-state index in [4.69, 9.17) is 11.6 Å². The zero-order valence-corrected chi connectivity index (χ0v) is 17.8. The van der Waals surface area contributed by atoms with Crippen LogP contribution in [0.3, 0.4) is 0 Å². The van der Waals surface area contributed by atoms with Crippen LogP contribution < -0.4 is 4.90 Å². The summed E-state index contributed by atoms with van der Waals surface area (Å²) < 4.78 is 0.939. The lowest BCUT2D eigenvalue weighted by Crippen LogP contribution is -2.37. The molecule has 2 aromatic rings. The lowest BCUT2D eigenvalue weighted by atomic mass is 9.81. The zero-order chi connectivity index (χ0) is 17.6. The number of nitrogens with zero attached hydrogens (tertiary/aromatic N) is 2. The summed E-state index contributed by atoms with van der Waals surface area (Å²) in [7, 11) is 0. The second-order valence-electron chi connectivity index (χ2n) is 7.08. The van der Waals surface area contributed by atoms with Gasteiger partial charge in [0.2, 0.25) is 11.8 Å². The molecule has 0 N–H and O–H groups in total. The maximum absolute atomic E-state index is 13.1. The third-order valence-electron chi connectivity index (χ3n) is 5.84. The number of aromatic nitrogens is 1. The van der Waals surface area contributed by atoms with Gasteiger partial charge in [-0.15, -0.1) is 0 Å². The van der Waals surface area contributed by atoms with E-state index >= 15 is 0 Å². The Kier molecular flexibility index (Phi) is 3.67. The fourth-order valence-electron chi connectivity index (χ4n) is 4.67. The van der Waals surface area contributed by atoms with E-state index in [0.29, 0.717) is 10.2 Å². The Morgan fingerprint density at radius 2 is 1.76 bits per heavy atom. The molecule has 0 radical (unpaired) electrons. The van der Waals surface area contributed by atoms with Crippen LogP contribution in [0.5, 0.6) is 0 Å². The lowest BCUT2D eigenvalue weighted by molar-refractivity contribution is -0.123. The Morgan fingerprint density at radius 1 is 1.16 bits per heavy atom. The van der Waals surface area contributed by atoms with E-state index in [-0.39, 0.29) is 45.1 Å². The number of hydrogen-bond acceptors (Lipinski definition) is 4. The van der Waals surface area contributed by atoms with Crippen molar-refractivity contribution in [3.8, 4) is 0 Å². The first-order valence-corrected chi connectivity index (χ1v) is 11.1. The fourth-order valence-corrected chi connectivity index (χ4v) is 7.76. The maximum Gasteiger partial charge on any atom is 0.239 e. The molecule has 2 aliphatic carbocycles. The van der Waals surface area contributed by atoms with Gasteiger partial charge in [0, 0.05) is 14.7 Å². The normalized spacial score (nSPS) is 36.7. The van der Waals surface area contributed by atoms with Crippen LogP contribution in [0.1, 0.15) is 12.0 Å². The van der Waals surface area contributed by atoms with Gasteiger partial charge >= 0.3 is 0 Å². The van der Waals surface area contributed by atoms with Gasteiger partial charge < -0.3 is 0 Å². The lowest BCUT2D eigenvalue weighted by Gasteiger charge is -2.28. The second kappa shape index (κ2) is 5.50. The van der Waals surface area contributed by atoms with Crippen molar-refractivity contribution in [1.29, 1.82) is 0 Å². The molecule has 3 aliphatic rings. The number of imide groups is 1. The monoisotopic (exact) mass is 502 g/mol. The van der Waals surface area contributed by atoms with Gasteiger partial charge in [0.25, 0.3) is 0 Å². The summed E-state index contributed by atoms with van der Waals surface area (Å²) >= 11 is 15.0. The van der Waals surface area contributed by atoms with Crippen molar-refractivity contribution in [3.05, 3.63) is 22.7 Å². The van der Waals surface area contributed by atoms with Crippen molar-refractivity contribution in [2.24, 2.45) is 23.7 Å². The Hall–Kier alpha value is -0.500. The van der Waals surface area contributed by atoms with Crippen molar-refractivity contribution < 1.29 is 9.59 Å². The number of anilines is 1. The summed E-state index contributed by atoms with van der Waals surface area (Å²) in [6, 6.07) is 3.75. The minimum Gasteiger partial charge on any atom is -0.274 e. The smallest absolute Gasteiger partial charge is 0.239 e. The highest BCUT2D eigenvalue weighted by atomic mass is 79.9. The minimum absolute atomic E-state index is 0.0896. The Labute approximate surface area is 170 Å². The summed E-state index contributed by atoms with van der Waals surface area (Å²) in [4.78, 5) is 32.5. The van der Waals surface area contributed by atoms with Crippen molar-refractivity contribution >= 4 is 82.0 Å². The molecular formula is C17H13Br2ClN2O2S. The number of rotatable bonds is 1. The zero-order valence-electron chi connectivity index (χ0n) is 13.1. The van der Waals surface area contributed by atoms with Crippen LogP contribution in [0.25, 0.3) is 10.2 Å². The van der Waals surface area contributed by atoms with E-state index in [9.17, 15) is 9.59 Å². The number of alkyl halides is 2. The van der Waals surface area contributed by atoms with Gasteiger partial charge in [-0.1, -0.05) is 54.8 Å². The fraction of sp³-hybridized carbons (Fsp3) is 0.471. The maximum atomic E-state index is 13.1. The molecule has 130 valence electrons. The number of halogens is 3. The van der Waals surface area contributed by atoms with Gasteiger partial charge in [-0.3, -0.25) is 9.59 Å². The van der Waals surface area contributed by atoms with Gasteiger partial charge in [0.05, 0.1) is 22.1 Å². The van der Waals surface area contributed by atoms with Gasteiger partial charge in [-0.25, -0.2) is 9.88 Å². The Bertz CT molecular complexity index is 877. The van der Waals surface area contributed by atoms with Crippen LogP contribution in [0.2, 0.25) is 5.02 Å². The highest BCUT2D eigenvalue weighted by Crippen LogP contribution is 2.60. The molecule has 2 amide bonds. The number of aryl methyl sites for hydroxylation is 1. The van der Waals surface area contributed by atoms with E-state index in [0.717, 1.165) is 22.2 Å². The van der Waals surface area contributed by atoms with Crippen LogP contribution in [-0.2, 0) is 9.59 Å². The molecule has 0 spiro atoms. The van der Waals surface area contributed by atoms with Gasteiger partial charge in [0.15, 0.2) is 5.13 Å². The second-order valence-corrected chi connectivity index (χ2v) is 10.6. The number of thiazole rings is 1. The van der Waals surface area contributed by atoms with Crippen molar-refractivity contribution in [2.45, 2.75) is 23.0 Å². The standard InChI is InChI=1S/C17H13Br2ClN2O2S/c1-5-2-10-9(4-8(5)20)21-17(25-10)22-15(23)11-6-3-7(12(11)16(22)24)14(19)13(6)18/h2,4,6-7,11-14H,3H2,1H3. The largest absolute Gasteiger partial charge is 0.274 e. The predicted octanol–water partition coefficient (Wildman–Crippen LogP) is 4.54. The molecule has 25 heavy (non-hydrogen) atoms. The molecule has 8 heteroatoms. The number of amides is 2. The topological polar surface area (TPSA) is 50.3 Å². The van der Waals surface area contributed by atoms with Crippen molar-refractivity contribution in [2.75, 3.05) is 4.90 Å². The molecule has 6 atom stereocenters. The summed E-state index contributed by atoms with van der Waals surface area (Å²) in [6.07, 6.45) is 0.932. The molecule has 6 unspecified atom stereocenters. The van der Waals surface area contributed by atoms with Crippen LogP contribution in [-0.4, -0.2) is 26.5 Å². The Morgan fingerprint density at radius 3 is 2.36 bits per heavy atom. The third kappa shape index (κ3) is 2.12. The molecule has 3 fully saturated rings. The molecule has 2 bridgehead atoms. The number of carbonyl (C=O) groups excluding carboxylic acids is 2. The highest BCUT2D eigenvalue weighted by molar-refractivity contribution is 9.12. The SMILES string of the molecule is Cc1cc2sc(N3C(=O)C4C5CC(C(Br)C5Br)C4C3=O)nc2cc1Cl. The van der Waals surface area contributed by atoms with E-state index in [1.807, 2.05) is 13.0 Å². The third-order valence-corrected chi connectivity index (χ3v) is 10.5. The van der Waals surface area contributed by atoms with Crippen LogP contribution in [0.15, 0.2) is 12.1 Å². The van der Waals surface area contributed by atoms with Crippen LogP contribution >= 0.6 is 54.8 Å². The Balaban J connectivity index is 1.58. The van der Waals surface area contributed by atoms with E-state index in [2.05, 4.69) is 36.8 Å². The van der Waals surface area contributed by atoms with Crippen molar-refractivity contribution in [3.63, 3.8) is 0 Å². The average Bonchev–Trinajstić information content (AvgIpc) is 3.26. The predicted molar refractivity (Wildman–Crippen MR) is 106 cm³/mol. The quantitative estimate of drug-likeness (QED) is 0.423.